The minimum atomic E-state index is -0.343. The smallest absolute Gasteiger partial charge is 0.244 e. The molecule has 0 radical (unpaired) electrons. The normalized spacial score (nSPS) is 11.8. The molecule has 0 fully saturated rings. The van der Waals surface area contributed by atoms with Crippen molar-refractivity contribution >= 4 is 5.91 Å². The third-order valence-electron chi connectivity index (χ3n) is 2.31. The zero-order valence-corrected chi connectivity index (χ0v) is 9.13. The molecule has 1 aromatic carbocycles. The number of hydrogen-bond donors (Lipinski definition) is 2. The van der Waals surface area contributed by atoms with Gasteiger partial charge in [-0.25, -0.2) is 4.98 Å². The number of nitrogens with zero attached hydrogens (tertiary/aromatic N) is 2. The Morgan fingerprint density at radius 1 is 1.41 bits per heavy atom. The Kier molecular flexibility index (Phi) is 3.30. The molecule has 0 spiro atoms. The molecule has 0 aliphatic carbocycles. The first-order valence-corrected chi connectivity index (χ1v) is 5.14. The standard InChI is InChI=1S/C12H12N4O/c1-2-10(17)15-11(12-13-8-14-16-12)9-6-4-3-5-7-9/h2-8,11H,1H2,(H,15,17)(H,13,14,16). The van der Waals surface area contributed by atoms with Crippen molar-refractivity contribution < 1.29 is 4.79 Å². The molecule has 1 heterocycles. The van der Waals surface area contributed by atoms with Crippen LogP contribution >= 0.6 is 0 Å². The maximum Gasteiger partial charge on any atom is 0.244 e. The van der Waals surface area contributed by atoms with Crippen LogP contribution in [0.2, 0.25) is 0 Å². The van der Waals surface area contributed by atoms with E-state index in [4.69, 9.17) is 0 Å². The average molecular weight is 228 g/mol. The van der Waals surface area contributed by atoms with Crippen LogP contribution in [-0.4, -0.2) is 21.1 Å². The third kappa shape index (κ3) is 2.57. The van der Waals surface area contributed by atoms with E-state index in [2.05, 4.69) is 27.1 Å². The monoisotopic (exact) mass is 228 g/mol. The van der Waals surface area contributed by atoms with Crippen molar-refractivity contribution in [2.75, 3.05) is 0 Å². The van der Waals surface area contributed by atoms with Gasteiger partial charge < -0.3 is 5.32 Å². The van der Waals surface area contributed by atoms with E-state index in [1.807, 2.05) is 30.3 Å². The lowest BCUT2D eigenvalue weighted by Crippen LogP contribution is -2.28. The molecule has 2 N–H and O–H groups in total. The lowest BCUT2D eigenvalue weighted by molar-refractivity contribution is -0.117. The molecule has 0 saturated heterocycles. The lowest BCUT2D eigenvalue weighted by atomic mass is 10.1. The molecule has 0 aliphatic heterocycles. The predicted octanol–water partition coefficient (Wildman–Crippen LogP) is 1.20. The second kappa shape index (κ2) is 5.07. The van der Waals surface area contributed by atoms with Gasteiger partial charge in [-0.3, -0.25) is 9.89 Å². The Labute approximate surface area is 98.6 Å². The number of amides is 1. The van der Waals surface area contributed by atoms with Crippen LogP contribution in [-0.2, 0) is 4.79 Å². The number of rotatable bonds is 4. The van der Waals surface area contributed by atoms with Gasteiger partial charge in [0.05, 0.1) is 0 Å². The predicted molar refractivity (Wildman–Crippen MR) is 63.0 cm³/mol. The highest BCUT2D eigenvalue weighted by atomic mass is 16.1. The van der Waals surface area contributed by atoms with Crippen LogP contribution in [0.1, 0.15) is 17.4 Å². The molecular formula is C12H12N4O. The Hall–Kier alpha value is -2.43. The molecule has 1 atom stereocenters. The summed E-state index contributed by atoms with van der Waals surface area (Å²) in [6.45, 7) is 3.43. The highest BCUT2D eigenvalue weighted by molar-refractivity contribution is 5.87. The molecule has 0 bridgehead atoms. The van der Waals surface area contributed by atoms with Crippen LogP contribution in [0, 0.1) is 0 Å². The Bertz CT molecular complexity index is 492. The van der Waals surface area contributed by atoms with Gasteiger partial charge in [0.15, 0.2) is 5.82 Å². The van der Waals surface area contributed by atoms with Crippen LogP contribution in [0.15, 0.2) is 49.3 Å². The molecule has 17 heavy (non-hydrogen) atoms. The first-order valence-electron chi connectivity index (χ1n) is 5.14. The number of aromatic amines is 1. The number of aromatic nitrogens is 3. The molecule has 2 aromatic rings. The van der Waals surface area contributed by atoms with Gasteiger partial charge in [-0.15, -0.1) is 0 Å². The molecule has 5 heteroatoms. The quantitative estimate of drug-likeness (QED) is 0.772. The van der Waals surface area contributed by atoms with Crippen LogP contribution < -0.4 is 5.32 Å². The Morgan fingerprint density at radius 2 is 2.18 bits per heavy atom. The van der Waals surface area contributed by atoms with Gasteiger partial charge in [0.25, 0.3) is 0 Å². The Morgan fingerprint density at radius 3 is 2.76 bits per heavy atom. The first-order chi connectivity index (χ1) is 8.31. The van der Waals surface area contributed by atoms with E-state index in [0.717, 1.165) is 5.56 Å². The summed E-state index contributed by atoms with van der Waals surface area (Å²) in [6, 6.07) is 9.20. The van der Waals surface area contributed by atoms with Crippen LogP contribution in [0.4, 0.5) is 0 Å². The molecule has 2 rings (SSSR count). The highest BCUT2D eigenvalue weighted by Crippen LogP contribution is 2.17. The van der Waals surface area contributed by atoms with Crippen molar-refractivity contribution in [1.82, 2.24) is 20.5 Å². The van der Waals surface area contributed by atoms with E-state index < -0.39 is 0 Å². The SMILES string of the molecule is C=CC(=O)NC(c1ccccc1)c1ncn[nH]1. The van der Waals surface area contributed by atoms with E-state index in [1.165, 1.54) is 12.4 Å². The van der Waals surface area contributed by atoms with Gasteiger partial charge in [0, 0.05) is 0 Å². The van der Waals surface area contributed by atoms with Crippen LogP contribution in [0.3, 0.4) is 0 Å². The number of carbonyl (C=O) groups excluding carboxylic acids is 1. The summed E-state index contributed by atoms with van der Waals surface area (Å²) in [4.78, 5) is 15.5. The number of H-pyrrole nitrogens is 1. The molecular weight excluding hydrogens is 216 g/mol. The van der Waals surface area contributed by atoms with Crippen LogP contribution in [0.25, 0.3) is 0 Å². The minimum Gasteiger partial charge on any atom is -0.338 e. The molecule has 5 nitrogen and oxygen atoms in total. The van der Waals surface area contributed by atoms with Crippen molar-refractivity contribution in [3.63, 3.8) is 0 Å². The highest BCUT2D eigenvalue weighted by Gasteiger charge is 2.17. The van der Waals surface area contributed by atoms with Gasteiger partial charge in [-0.1, -0.05) is 36.9 Å². The zero-order chi connectivity index (χ0) is 12.1. The minimum absolute atomic E-state index is 0.254. The summed E-state index contributed by atoms with van der Waals surface area (Å²) in [7, 11) is 0. The lowest BCUT2D eigenvalue weighted by Gasteiger charge is -2.15. The van der Waals surface area contributed by atoms with Crippen molar-refractivity contribution in [3.05, 3.63) is 60.7 Å². The van der Waals surface area contributed by atoms with Crippen molar-refractivity contribution in [1.29, 1.82) is 0 Å². The van der Waals surface area contributed by atoms with Gasteiger partial charge in [0.1, 0.15) is 12.4 Å². The third-order valence-corrected chi connectivity index (χ3v) is 2.31. The van der Waals surface area contributed by atoms with Crippen molar-refractivity contribution in [2.45, 2.75) is 6.04 Å². The molecule has 1 aromatic heterocycles. The summed E-state index contributed by atoms with van der Waals surface area (Å²) in [5.74, 6) is 0.335. The van der Waals surface area contributed by atoms with Crippen molar-refractivity contribution in [3.8, 4) is 0 Å². The number of carbonyl (C=O) groups is 1. The molecule has 86 valence electrons. The summed E-state index contributed by atoms with van der Waals surface area (Å²) in [5, 5.41) is 9.34. The largest absolute Gasteiger partial charge is 0.338 e. The fraction of sp³-hybridized carbons (Fsp3) is 0.0833. The van der Waals surface area contributed by atoms with Crippen molar-refractivity contribution in [2.24, 2.45) is 0 Å². The topological polar surface area (TPSA) is 70.7 Å². The van der Waals surface area contributed by atoms with Gasteiger partial charge in [-0.05, 0) is 11.6 Å². The average Bonchev–Trinajstić information content (AvgIpc) is 2.90. The first kappa shape index (κ1) is 11.1. The van der Waals surface area contributed by atoms with Gasteiger partial charge in [0.2, 0.25) is 5.91 Å². The van der Waals surface area contributed by atoms with Gasteiger partial charge in [-0.2, -0.15) is 5.10 Å². The number of hydrogen-bond acceptors (Lipinski definition) is 3. The second-order valence-electron chi connectivity index (χ2n) is 3.43. The molecule has 0 aliphatic rings. The van der Waals surface area contributed by atoms with E-state index >= 15 is 0 Å². The maximum atomic E-state index is 11.4. The Balaban J connectivity index is 2.31. The fourth-order valence-electron chi connectivity index (χ4n) is 1.51. The molecule has 0 saturated carbocycles. The van der Waals surface area contributed by atoms with E-state index in [0.29, 0.717) is 5.82 Å². The fourth-order valence-corrected chi connectivity index (χ4v) is 1.51. The number of benzene rings is 1. The summed E-state index contributed by atoms with van der Waals surface area (Å²) < 4.78 is 0. The van der Waals surface area contributed by atoms with E-state index in [9.17, 15) is 4.79 Å². The summed E-state index contributed by atoms with van der Waals surface area (Å²) >= 11 is 0. The molecule has 1 amide bonds. The molecule has 1 unspecified atom stereocenters. The maximum absolute atomic E-state index is 11.4. The van der Waals surface area contributed by atoms with E-state index in [-0.39, 0.29) is 11.9 Å². The zero-order valence-electron chi connectivity index (χ0n) is 9.13. The van der Waals surface area contributed by atoms with Gasteiger partial charge >= 0.3 is 0 Å². The van der Waals surface area contributed by atoms with Crippen LogP contribution in [0.5, 0.6) is 0 Å². The number of nitrogens with one attached hydrogen (secondary N) is 2. The second-order valence-corrected chi connectivity index (χ2v) is 3.43. The summed E-state index contributed by atoms with van der Waals surface area (Å²) in [5.41, 5.74) is 0.930. The summed E-state index contributed by atoms with van der Waals surface area (Å²) in [6.07, 6.45) is 2.64. The van der Waals surface area contributed by atoms with E-state index in [1.54, 1.807) is 0 Å².